The van der Waals surface area contributed by atoms with Crippen molar-refractivity contribution in [3.63, 3.8) is 0 Å². The first-order valence-electron chi connectivity index (χ1n) is 11.4. The summed E-state index contributed by atoms with van der Waals surface area (Å²) in [6.07, 6.45) is 5.00. The summed E-state index contributed by atoms with van der Waals surface area (Å²) < 4.78 is 43.5. The maximum atomic E-state index is 13.3. The Bertz CT molecular complexity index is 1340. The molecular weight excluding hydrogens is 509 g/mol. The molecule has 0 radical (unpaired) electrons. The molecule has 3 aromatic rings. The van der Waals surface area contributed by atoms with Crippen LogP contribution < -0.4 is 10.7 Å². The van der Waals surface area contributed by atoms with Crippen LogP contribution >= 0.6 is 23.8 Å². The quantitative estimate of drug-likeness (QED) is 0.200. The molecule has 2 N–H and O–H groups in total. The highest BCUT2D eigenvalue weighted by Crippen LogP contribution is 2.26. The van der Waals surface area contributed by atoms with Gasteiger partial charge in [0.1, 0.15) is 5.82 Å². The first kappa shape index (κ1) is 27.1. The first-order chi connectivity index (χ1) is 16.7. The van der Waals surface area contributed by atoms with Crippen molar-refractivity contribution >= 4 is 61.8 Å². The molecule has 11 heteroatoms. The second-order valence-electron chi connectivity index (χ2n) is 7.91. The van der Waals surface area contributed by atoms with Crippen molar-refractivity contribution in [2.45, 2.75) is 45.1 Å². The molecule has 0 unspecified atom stereocenters. The lowest BCUT2D eigenvalue weighted by Crippen LogP contribution is -2.32. The van der Waals surface area contributed by atoms with Crippen LogP contribution in [0.15, 0.2) is 52.6 Å². The van der Waals surface area contributed by atoms with E-state index in [0.717, 1.165) is 29.3 Å². The van der Waals surface area contributed by atoms with E-state index in [1.807, 2.05) is 37.6 Å². The summed E-state index contributed by atoms with van der Waals surface area (Å²) in [5.41, 5.74) is 4.89. The molecule has 1 aromatic heterocycles. The zero-order valence-electron chi connectivity index (χ0n) is 19.9. The van der Waals surface area contributed by atoms with Gasteiger partial charge in [0.2, 0.25) is 10.0 Å². The van der Waals surface area contributed by atoms with E-state index in [1.165, 1.54) is 22.5 Å². The molecular formula is C24H29ClFN5O2S2. The molecule has 0 saturated heterocycles. The Kier molecular flexibility index (Phi) is 9.23. The van der Waals surface area contributed by atoms with E-state index >= 15 is 0 Å². The number of hydrogen-bond acceptors (Lipinski definition) is 4. The summed E-state index contributed by atoms with van der Waals surface area (Å²) in [4.78, 5) is 0.258. The van der Waals surface area contributed by atoms with Crippen LogP contribution in [0.2, 0.25) is 5.02 Å². The lowest BCUT2D eigenvalue weighted by atomic mass is 10.2. The number of nitrogens with zero attached hydrogens (tertiary/aromatic N) is 3. The number of aromatic nitrogens is 1. The first-order valence-corrected chi connectivity index (χ1v) is 13.6. The maximum Gasteiger partial charge on any atom is 0.243 e. The van der Waals surface area contributed by atoms with Crippen molar-refractivity contribution in [2.75, 3.05) is 18.4 Å². The molecule has 2 aromatic carbocycles. The zero-order chi connectivity index (χ0) is 25.6. The molecule has 0 fully saturated rings. The number of anilines is 1. The lowest BCUT2D eigenvalue weighted by molar-refractivity contribution is 0.410. The average Bonchev–Trinajstić information content (AvgIpc) is 3.18. The van der Waals surface area contributed by atoms with Gasteiger partial charge in [-0.25, -0.2) is 12.8 Å². The van der Waals surface area contributed by atoms with Crippen molar-refractivity contribution in [3.8, 4) is 0 Å². The molecule has 0 amide bonds. The fourth-order valence-electron chi connectivity index (χ4n) is 3.72. The maximum absolute atomic E-state index is 13.3. The number of aryl methyl sites for hydroxylation is 1. The third-order valence-corrected chi connectivity index (χ3v) is 7.73. The summed E-state index contributed by atoms with van der Waals surface area (Å²) in [7, 11) is -3.61. The summed E-state index contributed by atoms with van der Waals surface area (Å²) in [5, 5.41) is 8.03. The molecule has 35 heavy (non-hydrogen) atoms. The van der Waals surface area contributed by atoms with Crippen molar-refractivity contribution in [3.05, 3.63) is 59.0 Å². The molecule has 0 spiro atoms. The normalized spacial score (nSPS) is 12.1. The number of hydrazone groups is 1. The van der Waals surface area contributed by atoms with E-state index in [-0.39, 0.29) is 15.0 Å². The molecule has 0 aliphatic carbocycles. The van der Waals surface area contributed by atoms with Crippen LogP contribution in [0.1, 0.15) is 39.2 Å². The Morgan fingerprint density at radius 1 is 1.17 bits per heavy atom. The van der Waals surface area contributed by atoms with Crippen molar-refractivity contribution in [1.82, 2.24) is 14.3 Å². The van der Waals surface area contributed by atoms with Gasteiger partial charge in [-0.2, -0.15) is 9.41 Å². The number of benzene rings is 2. The van der Waals surface area contributed by atoms with Crippen LogP contribution in [-0.4, -0.2) is 41.7 Å². The van der Waals surface area contributed by atoms with Crippen LogP contribution in [0, 0.1) is 5.82 Å². The Morgan fingerprint density at radius 3 is 2.51 bits per heavy atom. The van der Waals surface area contributed by atoms with Crippen LogP contribution in [0.25, 0.3) is 10.9 Å². The monoisotopic (exact) mass is 537 g/mol. The van der Waals surface area contributed by atoms with E-state index in [9.17, 15) is 12.8 Å². The zero-order valence-corrected chi connectivity index (χ0v) is 22.3. The highest BCUT2D eigenvalue weighted by molar-refractivity contribution is 7.89. The molecule has 0 bridgehead atoms. The average molecular weight is 538 g/mol. The number of rotatable bonds is 10. The minimum Gasteiger partial charge on any atom is -0.347 e. The molecule has 1 heterocycles. The van der Waals surface area contributed by atoms with Crippen LogP contribution in [0.4, 0.5) is 10.1 Å². The van der Waals surface area contributed by atoms with Crippen molar-refractivity contribution in [2.24, 2.45) is 5.10 Å². The minimum atomic E-state index is -3.61. The van der Waals surface area contributed by atoms with E-state index in [2.05, 4.69) is 15.8 Å². The number of hydrogen-bond donors (Lipinski definition) is 2. The third kappa shape index (κ3) is 6.38. The van der Waals surface area contributed by atoms with Gasteiger partial charge < -0.3 is 9.88 Å². The largest absolute Gasteiger partial charge is 0.347 e. The van der Waals surface area contributed by atoms with Crippen LogP contribution in [0.5, 0.6) is 0 Å². The van der Waals surface area contributed by atoms with Gasteiger partial charge in [-0.05, 0) is 68.4 Å². The molecule has 0 aliphatic heterocycles. The van der Waals surface area contributed by atoms with E-state index in [0.29, 0.717) is 25.3 Å². The molecule has 7 nitrogen and oxygen atoms in total. The fourth-order valence-corrected chi connectivity index (χ4v) is 5.72. The van der Waals surface area contributed by atoms with Crippen molar-refractivity contribution < 1.29 is 12.8 Å². The molecule has 0 aliphatic rings. The van der Waals surface area contributed by atoms with Gasteiger partial charge in [-0.15, -0.1) is 0 Å². The predicted octanol–water partition coefficient (Wildman–Crippen LogP) is 5.58. The number of sulfonamides is 1. The minimum absolute atomic E-state index is 0.0177. The number of nitrogens with one attached hydrogen (secondary N) is 2. The molecule has 188 valence electrons. The van der Waals surface area contributed by atoms with Gasteiger partial charge in [0.25, 0.3) is 0 Å². The van der Waals surface area contributed by atoms with Gasteiger partial charge in [0.15, 0.2) is 5.11 Å². The Labute approximate surface area is 216 Å². The molecule has 0 saturated carbocycles. The standard InChI is InChI=1S/C24H29ClFN5O2S2/c1-4-11-31(12-5-2)35(32,33)19-8-10-23-20(14-19)17(16-30(23)6-3)15-27-29-24(34)28-18-7-9-22(26)21(25)13-18/h7-10,13-16H,4-6,11-12H2,1-3H3,(H2,28,29,34)/b27-15+. The highest BCUT2D eigenvalue weighted by Gasteiger charge is 2.24. The second-order valence-corrected chi connectivity index (χ2v) is 10.7. The number of fused-ring (bicyclic) bond motifs is 1. The topological polar surface area (TPSA) is 78.7 Å². The summed E-state index contributed by atoms with van der Waals surface area (Å²) in [6, 6.07) is 9.37. The van der Waals surface area contributed by atoms with Gasteiger partial charge in [-0.1, -0.05) is 25.4 Å². The predicted molar refractivity (Wildman–Crippen MR) is 145 cm³/mol. The Hall–Kier alpha value is -2.53. The number of halogens is 2. The van der Waals surface area contributed by atoms with Gasteiger partial charge >= 0.3 is 0 Å². The van der Waals surface area contributed by atoms with E-state index in [4.69, 9.17) is 23.8 Å². The van der Waals surface area contributed by atoms with E-state index in [1.54, 1.807) is 18.3 Å². The molecule has 3 rings (SSSR count). The Morgan fingerprint density at radius 2 is 1.89 bits per heavy atom. The van der Waals surface area contributed by atoms with Crippen LogP contribution in [-0.2, 0) is 16.6 Å². The SMILES string of the molecule is CCCN(CCC)S(=O)(=O)c1ccc2c(c1)c(/C=N/NC(=S)Nc1ccc(F)c(Cl)c1)cn2CC. The Balaban J connectivity index is 1.85. The highest BCUT2D eigenvalue weighted by atomic mass is 35.5. The summed E-state index contributed by atoms with van der Waals surface area (Å²) in [5.74, 6) is -0.518. The number of thiocarbonyl (C=S) groups is 1. The summed E-state index contributed by atoms with van der Waals surface area (Å²) in [6.45, 7) is 7.62. The second kappa shape index (κ2) is 11.9. The van der Waals surface area contributed by atoms with Gasteiger partial charge in [0.05, 0.1) is 16.1 Å². The van der Waals surface area contributed by atoms with Gasteiger partial charge in [-0.3, -0.25) is 5.43 Å². The molecule has 0 atom stereocenters. The van der Waals surface area contributed by atoms with Gasteiger partial charge in [0, 0.05) is 48.0 Å². The van der Waals surface area contributed by atoms with Crippen LogP contribution in [0.3, 0.4) is 0 Å². The lowest BCUT2D eigenvalue weighted by Gasteiger charge is -2.21. The van der Waals surface area contributed by atoms with E-state index < -0.39 is 15.8 Å². The van der Waals surface area contributed by atoms with Crippen molar-refractivity contribution in [1.29, 1.82) is 0 Å². The summed E-state index contributed by atoms with van der Waals surface area (Å²) >= 11 is 11.0. The fraction of sp³-hybridized carbons (Fsp3) is 0.333. The smallest absolute Gasteiger partial charge is 0.243 e. The third-order valence-electron chi connectivity index (χ3n) is 5.36.